The molecule has 1 amide bonds. The molecular formula is C21H22ClFN2O5S. The van der Waals surface area contributed by atoms with Gasteiger partial charge >= 0.3 is 5.97 Å². The molecule has 0 bridgehead atoms. The highest BCUT2D eigenvalue weighted by Crippen LogP contribution is 2.27. The van der Waals surface area contributed by atoms with E-state index < -0.39 is 21.7 Å². The first-order valence-corrected chi connectivity index (χ1v) is 11.6. The van der Waals surface area contributed by atoms with Gasteiger partial charge in [-0.2, -0.15) is 4.31 Å². The van der Waals surface area contributed by atoms with E-state index in [2.05, 4.69) is 5.32 Å². The number of nitrogens with one attached hydrogen (secondary N) is 1. The van der Waals surface area contributed by atoms with Crippen molar-refractivity contribution in [2.75, 3.05) is 25.0 Å². The maximum atomic E-state index is 14.6. The second kappa shape index (κ2) is 9.76. The van der Waals surface area contributed by atoms with Crippen LogP contribution >= 0.6 is 11.6 Å². The van der Waals surface area contributed by atoms with Crippen molar-refractivity contribution in [3.63, 3.8) is 0 Å². The van der Waals surface area contributed by atoms with Gasteiger partial charge in [-0.1, -0.05) is 17.7 Å². The molecule has 1 heterocycles. The normalized spacial score (nSPS) is 15.5. The van der Waals surface area contributed by atoms with Crippen molar-refractivity contribution in [1.29, 1.82) is 0 Å². The molecule has 0 saturated carbocycles. The van der Waals surface area contributed by atoms with Crippen LogP contribution in [0.15, 0.2) is 47.4 Å². The van der Waals surface area contributed by atoms with Crippen molar-refractivity contribution >= 4 is 39.2 Å². The highest BCUT2D eigenvalue weighted by atomic mass is 35.5. The van der Waals surface area contributed by atoms with Crippen LogP contribution in [0.2, 0.25) is 5.02 Å². The van der Waals surface area contributed by atoms with E-state index in [-0.39, 0.29) is 47.7 Å². The molecule has 10 heteroatoms. The molecule has 0 aliphatic carbocycles. The van der Waals surface area contributed by atoms with Crippen LogP contribution in [0, 0.1) is 11.7 Å². The largest absolute Gasteiger partial charge is 0.466 e. The number of ether oxygens (including phenoxy) is 1. The van der Waals surface area contributed by atoms with E-state index >= 15 is 0 Å². The molecule has 0 aromatic heterocycles. The van der Waals surface area contributed by atoms with Gasteiger partial charge in [-0.05, 0) is 56.2 Å². The summed E-state index contributed by atoms with van der Waals surface area (Å²) in [6, 6.07) is 9.48. The first kappa shape index (κ1) is 23.2. The van der Waals surface area contributed by atoms with Crippen molar-refractivity contribution in [2.45, 2.75) is 24.7 Å². The molecule has 1 fully saturated rings. The van der Waals surface area contributed by atoms with Crippen LogP contribution in [-0.4, -0.2) is 44.3 Å². The summed E-state index contributed by atoms with van der Waals surface area (Å²) in [5.74, 6) is -2.12. The lowest BCUT2D eigenvalue weighted by Crippen LogP contribution is -2.40. The number of hydrogen-bond donors (Lipinski definition) is 1. The average molecular weight is 469 g/mol. The Hall–Kier alpha value is -2.49. The quantitative estimate of drug-likeness (QED) is 0.652. The molecule has 1 N–H and O–H groups in total. The molecule has 0 radical (unpaired) electrons. The Bertz CT molecular complexity index is 1080. The lowest BCUT2D eigenvalue weighted by molar-refractivity contribution is -0.149. The third-order valence-electron chi connectivity index (χ3n) is 4.99. The molecule has 1 saturated heterocycles. The Morgan fingerprint density at radius 1 is 1.19 bits per heavy atom. The number of piperidine rings is 1. The van der Waals surface area contributed by atoms with Crippen molar-refractivity contribution in [3.8, 4) is 0 Å². The van der Waals surface area contributed by atoms with Crippen molar-refractivity contribution in [2.24, 2.45) is 5.92 Å². The van der Waals surface area contributed by atoms with Gasteiger partial charge in [-0.25, -0.2) is 12.8 Å². The smallest absolute Gasteiger partial charge is 0.309 e. The lowest BCUT2D eigenvalue weighted by atomic mass is 9.98. The highest BCUT2D eigenvalue weighted by Gasteiger charge is 2.33. The topological polar surface area (TPSA) is 92.8 Å². The van der Waals surface area contributed by atoms with E-state index in [0.717, 1.165) is 6.07 Å². The van der Waals surface area contributed by atoms with E-state index in [0.29, 0.717) is 17.9 Å². The number of amides is 1. The van der Waals surface area contributed by atoms with Crippen molar-refractivity contribution in [1.82, 2.24) is 4.31 Å². The molecule has 0 unspecified atom stereocenters. The van der Waals surface area contributed by atoms with Crippen LogP contribution in [0.5, 0.6) is 0 Å². The number of anilines is 1. The molecular weight excluding hydrogens is 447 g/mol. The zero-order chi connectivity index (χ0) is 22.6. The van der Waals surface area contributed by atoms with E-state index in [4.69, 9.17) is 16.3 Å². The maximum absolute atomic E-state index is 14.6. The number of halogens is 2. The molecule has 1 aliphatic rings. The Balaban J connectivity index is 1.70. The number of rotatable bonds is 6. The van der Waals surface area contributed by atoms with Crippen molar-refractivity contribution < 1.29 is 27.1 Å². The summed E-state index contributed by atoms with van der Waals surface area (Å²) in [5.41, 5.74) is 0.0954. The Labute approximate surface area is 185 Å². The van der Waals surface area contributed by atoms with Gasteiger partial charge in [0.15, 0.2) is 0 Å². The van der Waals surface area contributed by atoms with E-state index in [1.165, 1.54) is 28.6 Å². The van der Waals surface area contributed by atoms with Gasteiger partial charge in [0.25, 0.3) is 5.91 Å². The van der Waals surface area contributed by atoms with Crippen molar-refractivity contribution in [3.05, 3.63) is 58.9 Å². The molecule has 2 aromatic carbocycles. The Morgan fingerprint density at radius 3 is 2.52 bits per heavy atom. The number of sulfonamides is 1. The first-order valence-electron chi connectivity index (χ1n) is 9.75. The number of benzene rings is 2. The van der Waals surface area contributed by atoms with Gasteiger partial charge in [0.2, 0.25) is 10.0 Å². The highest BCUT2D eigenvalue weighted by molar-refractivity contribution is 7.89. The van der Waals surface area contributed by atoms with Crippen LogP contribution in [0.4, 0.5) is 10.1 Å². The molecule has 166 valence electrons. The number of hydrogen-bond acceptors (Lipinski definition) is 5. The van der Waals surface area contributed by atoms with Gasteiger partial charge in [-0.3, -0.25) is 9.59 Å². The zero-order valence-electron chi connectivity index (χ0n) is 16.8. The van der Waals surface area contributed by atoms with Crippen LogP contribution in [-0.2, 0) is 19.6 Å². The average Bonchev–Trinajstić information content (AvgIpc) is 2.75. The Kier molecular flexibility index (Phi) is 7.30. The van der Waals surface area contributed by atoms with Gasteiger partial charge in [0.1, 0.15) is 5.82 Å². The second-order valence-corrected chi connectivity index (χ2v) is 9.41. The SMILES string of the molecule is CCOC(=O)C1CCN(S(=O)(=O)c2ccc(NC(=O)c3cccc(Cl)c3)c(F)c2)CC1. The minimum Gasteiger partial charge on any atom is -0.466 e. The van der Waals surface area contributed by atoms with Crippen LogP contribution in [0.25, 0.3) is 0 Å². The van der Waals surface area contributed by atoms with Crippen LogP contribution in [0.1, 0.15) is 30.1 Å². The van der Waals surface area contributed by atoms with Crippen LogP contribution in [0.3, 0.4) is 0 Å². The molecule has 3 rings (SSSR count). The maximum Gasteiger partial charge on any atom is 0.309 e. The standard InChI is InChI=1S/C21H22ClFN2O5S/c1-2-30-21(27)14-8-10-25(11-9-14)31(28,29)17-6-7-19(18(23)13-17)24-20(26)15-4-3-5-16(22)12-15/h3-7,12-14H,2,8-11H2,1H3,(H,24,26). The molecule has 2 aromatic rings. The molecule has 0 atom stereocenters. The summed E-state index contributed by atoms with van der Waals surface area (Å²) in [7, 11) is -3.94. The van der Waals surface area contributed by atoms with E-state index in [1.807, 2.05) is 0 Å². The van der Waals surface area contributed by atoms with Crippen LogP contribution < -0.4 is 5.32 Å². The minimum absolute atomic E-state index is 0.140. The lowest BCUT2D eigenvalue weighted by Gasteiger charge is -2.30. The molecule has 0 spiro atoms. The first-order chi connectivity index (χ1) is 14.7. The monoisotopic (exact) mass is 468 g/mol. The fourth-order valence-electron chi connectivity index (χ4n) is 3.32. The summed E-state index contributed by atoms with van der Waals surface area (Å²) < 4.78 is 46.5. The predicted octanol–water partition coefficient (Wildman–Crippen LogP) is 3.70. The number of carbonyl (C=O) groups is 2. The third kappa shape index (κ3) is 5.41. The summed E-state index contributed by atoms with van der Waals surface area (Å²) in [6.07, 6.45) is 0.683. The molecule has 31 heavy (non-hydrogen) atoms. The fourth-order valence-corrected chi connectivity index (χ4v) is 5.00. The van der Waals surface area contributed by atoms with E-state index in [1.54, 1.807) is 19.1 Å². The summed E-state index contributed by atoms with van der Waals surface area (Å²) in [6.45, 7) is 2.27. The summed E-state index contributed by atoms with van der Waals surface area (Å²) >= 11 is 5.86. The third-order valence-corrected chi connectivity index (χ3v) is 7.12. The zero-order valence-corrected chi connectivity index (χ0v) is 18.4. The summed E-state index contributed by atoms with van der Waals surface area (Å²) in [5, 5.41) is 2.77. The van der Waals surface area contributed by atoms with Gasteiger partial charge < -0.3 is 10.1 Å². The minimum atomic E-state index is -3.94. The van der Waals surface area contributed by atoms with Gasteiger partial charge in [-0.15, -0.1) is 0 Å². The molecule has 1 aliphatic heterocycles. The number of carbonyl (C=O) groups excluding carboxylic acids is 2. The number of esters is 1. The van der Waals surface area contributed by atoms with E-state index in [9.17, 15) is 22.4 Å². The predicted molar refractivity (Wildman–Crippen MR) is 114 cm³/mol. The van der Waals surface area contributed by atoms with Gasteiger partial charge in [0, 0.05) is 23.7 Å². The number of nitrogens with zero attached hydrogens (tertiary/aromatic N) is 1. The fraction of sp³-hybridized carbons (Fsp3) is 0.333. The summed E-state index contributed by atoms with van der Waals surface area (Å²) in [4.78, 5) is 23.9. The molecule has 7 nitrogen and oxygen atoms in total. The Morgan fingerprint density at radius 2 is 1.90 bits per heavy atom. The second-order valence-electron chi connectivity index (χ2n) is 7.04. The van der Waals surface area contributed by atoms with Gasteiger partial charge in [0.05, 0.1) is 23.1 Å².